The number of aromatic hydroxyl groups is 2. The van der Waals surface area contributed by atoms with Gasteiger partial charge in [0.1, 0.15) is 101 Å². The number of phenolic OH excluding ortho intramolecular Hbond substituents is 2. The Morgan fingerprint density at radius 2 is 1.31 bits per heavy atom. The third-order valence-electron chi connectivity index (χ3n) is 9.49. The Bertz CT molecular complexity index is 1780. The number of phenols is 2. The van der Waals surface area contributed by atoms with Crippen LogP contribution in [-0.4, -0.2) is 160 Å². The summed E-state index contributed by atoms with van der Waals surface area (Å²) in [6.07, 6.45) is -23.3. The summed E-state index contributed by atoms with van der Waals surface area (Å²) in [7, 11) is 0. The Hall–Kier alpha value is -3.51. The van der Waals surface area contributed by atoms with Crippen LogP contribution in [0.3, 0.4) is 0 Å². The van der Waals surface area contributed by atoms with Gasteiger partial charge in [-0.3, -0.25) is 4.79 Å². The monoisotopic (exact) mass is 726 g/mol. The second-order valence-corrected chi connectivity index (χ2v) is 12.7. The van der Waals surface area contributed by atoms with Gasteiger partial charge in [-0.25, -0.2) is 0 Å². The van der Waals surface area contributed by atoms with Crippen molar-refractivity contribution in [2.45, 2.75) is 79.0 Å². The van der Waals surface area contributed by atoms with Crippen molar-refractivity contribution in [3.05, 3.63) is 51.7 Å². The number of aliphatic hydroxyl groups excluding tert-OH is 10. The molecule has 0 unspecified atom stereocenters. The molecule has 0 aliphatic carbocycles. The molecule has 3 aliphatic rings. The first-order chi connectivity index (χ1) is 24.2. The normalized spacial score (nSPS) is 37.2. The molecule has 3 aliphatic heterocycles. The molecule has 3 aromatic rings. The minimum atomic E-state index is -2.30. The first-order valence-electron chi connectivity index (χ1n) is 15.7. The van der Waals surface area contributed by atoms with Gasteiger partial charge in [0.15, 0.2) is 11.0 Å². The largest absolute Gasteiger partial charge is 0.508 e. The zero-order valence-corrected chi connectivity index (χ0v) is 26.4. The number of ether oxygens (including phenoxy) is 4. The molecule has 0 amide bonds. The second kappa shape index (κ2) is 14.1. The van der Waals surface area contributed by atoms with Crippen LogP contribution in [0, 0.1) is 0 Å². The molecule has 19 heteroatoms. The molecule has 13 N–H and O–H groups in total. The van der Waals surface area contributed by atoms with Gasteiger partial charge in [-0.2, -0.15) is 0 Å². The number of rotatable bonds is 8. The van der Waals surface area contributed by atoms with Crippen LogP contribution in [0.25, 0.3) is 22.3 Å². The highest BCUT2D eigenvalue weighted by Gasteiger charge is 2.53. The van der Waals surface area contributed by atoms with Crippen LogP contribution < -0.4 is 10.2 Å². The summed E-state index contributed by atoms with van der Waals surface area (Å²) in [4.78, 5) is 13.9. The summed E-state index contributed by atoms with van der Waals surface area (Å²) in [5, 5.41) is 137. The number of aliphatic hydroxyl groups is 11. The quantitative estimate of drug-likeness (QED) is 0.104. The zero-order chi connectivity index (χ0) is 37.1. The molecule has 51 heavy (non-hydrogen) atoms. The molecule has 0 spiro atoms. The van der Waals surface area contributed by atoms with Crippen LogP contribution in [-0.2, 0) is 14.2 Å². The molecular formula is C32H38O19. The molecule has 1 aromatic heterocycles. The fourth-order valence-electron chi connectivity index (χ4n) is 6.51. The van der Waals surface area contributed by atoms with Gasteiger partial charge >= 0.3 is 0 Å². The minimum absolute atomic E-state index is 0.139. The van der Waals surface area contributed by atoms with Crippen LogP contribution >= 0.6 is 0 Å². The van der Waals surface area contributed by atoms with Gasteiger partial charge < -0.3 is 89.7 Å². The number of benzene rings is 2. The molecule has 13 atom stereocenters. The fraction of sp³-hybridized carbons (Fsp3) is 0.531. The van der Waals surface area contributed by atoms with E-state index in [1.165, 1.54) is 24.3 Å². The van der Waals surface area contributed by atoms with E-state index in [1.807, 2.05) is 0 Å². The SMILES string of the molecule is O=c1cc(-c2ccc(O)cc2)oc2c([C@@H]3O[C@H](CO)[C@@H](O)[C@H](O)[C@H]3O)c(O[C@@H]3OC[C@](O)(CO)[C@H]3O)c([C@@H]3O[C@H](CO)[C@@H](O)[C@H](O)[C@H]3O)c(O)c12. The van der Waals surface area contributed by atoms with E-state index in [0.29, 0.717) is 0 Å². The second-order valence-electron chi connectivity index (χ2n) is 12.7. The van der Waals surface area contributed by atoms with E-state index in [1.54, 1.807) is 0 Å². The highest BCUT2D eigenvalue weighted by atomic mass is 16.7. The zero-order valence-electron chi connectivity index (χ0n) is 26.4. The van der Waals surface area contributed by atoms with Crippen molar-refractivity contribution < 1.29 is 89.7 Å². The van der Waals surface area contributed by atoms with Crippen LogP contribution in [0.5, 0.6) is 17.2 Å². The van der Waals surface area contributed by atoms with E-state index in [4.69, 9.17) is 23.4 Å². The summed E-state index contributed by atoms with van der Waals surface area (Å²) in [5.74, 6) is -2.17. The van der Waals surface area contributed by atoms with E-state index in [-0.39, 0.29) is 17.1 Å². The standard InChI is InChI=1S/C32H38O19/c33-6-14-19(38)22(41)24(43)28(49-14)17-21(40)16-12(37)5-13(10-1-3-11(36)4-2-10)48-26(16)18(29-25(44)23(42)20(39)15(7-34)50-29)27(17)51-31-30(45)32(46,8-35)9-47-31/h1-5,14-15,19-20,22-25,28-31,33-36,38-46H,6-9H2/t14-,15-,19-,20-,22+,23+,24-,25-,28+,29+,30+,31+,32-/m1/s1. The van der Waals surface area contributed by atoms with Crippen molar-refractivity contribution in [1.82, 2.24) is 0 Å². The smallest absolute Gasteiger partial charge is 0.229 e. The lowest BCUT2D eigenvalue weighted by Crippen LogP contribution is -2.56. The van der Waals surface area contributed by atoms with Gasteiger partial charge in [-0.1, -0.05) is 0 Å². The molecule has 0 radical (unpaired) electrons. The van der Waals surface area contributed by atoms with E-state index in [0.717, 1.165) is 6.07 Å². The van der Waals surface area contributed by atoms with Crippen molar-refractivity contribution in [2.24, 2.45) is 0 Å². The molecule has 4 heterocycles. The third kappa shape index (κ3) is 6.23. The van der Waals surface area contributed by atoms with Crippen molar-refractivity contribution in [3.8, 4) is 28.6 Å². The maximum absolute atomic E-state index is 13.9. The van der Waals surface area contributed by atoms with Crippen LogP contribution in [0.1, 0.15) is 23.3 Å². The number of fused-ring (bicyclic) bond motifs is 1. The van der Waals surface area contributed by atoms with E-state index in [2.05, 4.69) is 0 Å². The Balaban J connectivity index is 1.71. The van der Waals surface area contributed by atoms with Crippen LogP contribution in [0.15, 0.2) is 39.5 Å². The number of hydrogen-bond acceptors (Lipinski definition) is 19. The molecule has 0 bridgehead atoms. The lowest BCUT2D eigenvalue weighted by molar-refractivity contribution is -0.234. The van der Waals surface area contributed by atoms with E-state index in [9.17, 15) is 71.2 Å². The fourth-order valence-corrected chi connectivity index (χ4v) is 6.51. The summed E-state index contributed by atoms with van der Waals surface area (Å²) in [6, 6.07) is 6.21. The first kappa shape index (κ1) is 37.3. The van der Waals surface area contributed by atoms with Crippen molar-refractivity contribution >= 4 is 11.0 Å². The van der Waals surface area contributed by atoms with E-state index < -0.39 is 144 Å². The lowest BCUT2D eigenvalue weighted by Gasteiger charge is -2.43. The maximum atomic E-state index is 13.9. The number of hydrogen-bond donors (Lipinski definition) is 13. The summed E-state index contributed by atoms with van der Waals surface area (Å²) in [6.45, 7) is -3.59. The molecular weight excluding hydrogens is 688 g/mol. The summed E-state index contributed by atoms with van der Waals surface area (Å²) < 4.78 is 29.0. The summed E-state index contributed by atoms with van der Waals surface area (Å²) >= 11 is 0. The Morgan fingerprint density at radius 3 is 1.82 bits per heavy atom. The van der Waals surface area contributed by atoms with Crippen LogP contribution in [0.4, 0.5) is 0 Å². The average Bonchev–Trinajstić information content (AvgIpc) is 3.40. The molecule has 2 aromatic carbocycles. The molecule has 0 saturated carbocycles. The average molecular weight is 727 g/mol. The van der Waals surface area contributed by atoms with Gasteiger partial charge in [0.25, 0.3) is 0 Å². The van der Waals surface area contributed by atoms with Gasteiger partial charge in [-0.05, 0) is 24.3 Å². The van der Waals surface area contributed by atoms with Gasteiger partial charge in [-0.15, -0.1) is 0 Å². The van der Waals surface area contributed by atoms with Crippen molar-refractivity contribution in [2.75, 3.05) is 26.4 Å². The Kier molecular flexibility index (Phi) is 10.3. The molecule has 3 saturated heterocycles. The molecule has 280 valence electrons. The highest BCUT2D eigenvalue weighted by molar-refractivity contribution is 5.92. The highest BCUT2D eigenvalue weighted by Crippen LogP contribution is 2.52. The Morgan fingerprint density at radius 1 is 0.765 bits per heavy atom. The molecule has 6 rings (SSSR count). The maximum Gasteiger partial charge on any atom is 0.229 e. The predicted molar refractivity (Wildman–Crippen MR) is 165 cm³/mol. The topological polar surface area (TPSA) is 330 Å². The third-order valence-corrected chi connectivity index (χ3v) is 9.49. The summed E-state index contributed by atoms with van der Waals surface area (Å²) in [5.41, 5.74) is -5.01. The van der Waals surface area contributed by atoms with Crippen LogP contribution in [0.2, 0.25) is 0 Å². The lowest BCUT2D eigenvalue weighted by atomic mass is 9.85. The molecule has 19 nitrogen and oxygen atoms in total. The van der Waals surface area contributed by atoms with Crippen molar-refractivity contribution in [3.63, 3.8) is 0 Å². The van der Waals surface area contributed by atoms with E-state index >= 15 is 0 Å². The minimum Gasteiger partial charge on any atom is -0.508 e. The molecule has 3 fully saturated rings. The van der Waals surface area contributed by atoms with Gasteiger partial charge in [0, 0.05) is 11.6 Å². The first-order valence-corrected chi connectivity index (χ1v) is 15.7. The van der Waals surface area contributed by atoms with Crippen molar-refractivity contribution in [1.29, 1.82) is 0 Å². The van der Waals surface area contributed by atoms with Gasteiger partial charge in [0.05, 0.1) is 37.6 Å². The Labute approximate surface area is 286 Å². The predicted octanol–water partition coefficient (Wildman–Crippen LogP) is -4.28. The van der Waals surface area contributed by atoms with Gasteiger partial charge in [0.2, 0.25) is 6.29 Å².